The van der Waals surface area contributed by atoms with Crippen LogP contribution >= 0.6 is 0 Å². The summed E-state index contributed by atoms with van der Waals surface area (Å²) < 4.78 is 0. The molecule has 2 heteroatoms. The summed E-state index contributed by atoms with van der Waals surface area (Å²) >= 11 is 0. The second-order valence-electron chi connectivity index (χ2n) is 3.87. The fraction of sp³-hybridized carbons (Fsp3) is 0.538. The number of rotatable bonds is 6. The molecule has 0 aromatic heterocycles. The fourth-order valence-electron chi connectivity index (χ4n) is 1.80. The van der Waals surface area contributed by atoms with Gasteiger partial charge in [-0.15, -0.1) is 0 Å². The molecule has 0 aliphatic heterocycles. The van der Waals surface area contributed by atoms with E-state index >= 15 is 0 Å². The van der Waals surface area contributed by atoms with E-state index in [0.29, 0.717) is 18.4 Å². The van der Waals surface area contributed by atoms with E-state index < -0.39 is 0 Å². The molecule has 15 heavy (non-hydrogen) atoms. The Morgan fingerprint density at radius 2 is 1.87 bits per heavy atom. The molecule has 1 aliphatic carbocycles. The lowest BCUT2D eigenvalue weighted by Gasteiger charge is -2.10. The molecular weight excluding hydrogens is 188 g/mol. The van der Waals surface area contributed by atoms with Crippen LogP contribution in [0, 0.1) is 5.92 Å². The third kappa shape index (κ3) is 2.88. The minimum absolute atomic E-state index is 0.122. The largest absolute Gasteiger partial charge is 0.299 e. The van der Waals surface area contributed by atoms with Gasteiger partial charge >= 0.3 is 0 Å². The summed E-state index contributed by atoms with van der Waals surface area (Å²) in [7, 11) is 0. The molecule has 0 amide bonds. The number of carbonyl (C=O) groups excluding carboxylic acids is 2. The first kappa shape index (κ1) is 11.9. The van der Waals surface area contributed by atoms with Crippen molar-refractivity contribution < 1.29 is 9.59 Å². The molecular formula is C13H18O2. The summed E-state index contributed by atoms with van der Waals surface area (Å²) in [5, 5.41) is 0. The maximum atomic E-state index is 11.7. The molecule has 2 nitrogen and oxygen atoms in total. The first-order valence-electron chi connectivity index (χ1n) is 5.65. The van der Waals surface area contributed by atoms with Crippen LogP contribution in [0.25, 0.3) is 0 Å². The molecule has 1 aliphatic rings. The van der Waals surface area contributed by atoms with Gasteiger partial charge in [0.2, 0.25) is 0 Å². The van der Waals surface area contributed by atoms with Gasteiger partial charge in [0.1, 0.15) is 5.78 Å². The van der Waals surface area contributed by atoms with Gasteiger partial charge in [-0.05, 0) is 12.8 Å². The van der Waals surface area contributed by atoms with Crippen molar-refractivity contribution in [2.45, 2.75) is 39.5 Å². The standard InChI is InChI=1S/C13H18O2/c1-3-6-12(14)10-8-5-9-11(10)13(15)7-4-2/h5,8-10H,3-4,6-7H2,1-2H3. The quantitative estimate of drug-likeness (QED) is 0.669. The van der Waals surface area contributed by atoms with Gasteiger partial charge in [-0.25, -0.2) is 0 Å². The molecule has 0 N–H and O–H groups in total. The summed E-state index contributed by atoms with van der Waals surface area (Å²) in [6.07, 6.45) is 8.23. The first-order chi connectivity index (χ1) is 7.20. The Balaban J connectivity index is 2.67. The van der Waals surface area contributed by atoms with Crippen molar-refractivity contribution in [2.24, 2.45) is 5.92 Å². The SMILES string of the molecule is CCCC(=O)C1=CC=CC1C(=O)CCC. The van der Waals surface area contributed by atoms with E-state index in [4.69, 9.17) is 0 Å². The van der Waals surface area contributed by atoms with E-state index in [9.17, 15) is 9.59 Å². The Morgan fingerprint density at radius 3 is 2.47 bits per heavy atom. The average molecular weight is 206 g/mol. The van der Waals surface area contributed by atoms with E-state index in [-0.39, 0.29) is 17.5 Å². The molecule has 0 saturated heterocycles. The van der Waals surface area contributed by atoms with Crippen LogP contribution in [0.4, 0.5) is 0 Å². The highest BCUT2D eigenvalue weighted by molar-refractivity contribution is 6.04. The molecule has 0 aromatic carbocycles. The van der Waals surface area contributed by atoms with Crippen molar-refractivity contribution in [1.82, 2.24) is 0 Å². The Bertz CT molecular complexity index is 310. The van der Waals surface area contributed by atoms with Crippen LogP contribution in [0.2, 0.25) is 0 Å². The van der Waals surface area contributed by atoms with E-state index in [1.165, 1.54) is 0 Å². The zero-order valence-corrected chi connectivity index (χ0v) is 9.45. The highest BCUT2D eigenvalue weighted by atomic mass is 16.1. The van der Waals surface area contributed by atoms with Crippen LogP contribution in [-0.4, -0.2) is 11.6 Å². The number of Topliss-reactive ketones (excluding diaryl/α,β-unsaturated/α-hetero) is 2. The Morgan fingerprint density at radius 1 is 1.20 bits per heavy atom. The van der Waals surface area contributed by atoms with E-state index in [0.717, 1.165) is 12.8 Å². The van der Waals surface area contributed by atoms with Crippen LogP contribution in [0.5, 0.6) is 0 Å². The highest BCUT2D eigenvalue weighted by Crippen LogP contribution is 2.24. The van der Waals surface area contributed by atoms with Crippen molar-refractivity contribution in [1.29, 1.82) is 0 Å². The molecule has 0 spiro atoms. The maximum Gasteiger partial charge on any atom is 0.159 e. The third-order valence-electron chi connectivity index (χ3n) is 2.56. The number of hydrogen-bond donors (Lipinski definition) is 0. The lowest BCUT2D eigenvalue weighted by Crippen LogP contribution is -2.18. The van der Waals surface area contributed by atoms with Crippen LogP contribution in [0.15, 0.2) is 23.8 Å². The molecule has 1 unspecified atom stereocenters. The highest BCUT2D eigenvalue weighted by Gasteiger charge is 2.25. The molecule has 1 atom stereocenters. The second kappa shape index (κ2) is 5.64. The molecule has 0 saturated carbocycles. The smallest absolute Gasteiger partial charge is 0.159 e. The fourth-order valence-corrected chi connectivity index (χ4v) is 1.80. The van der Waals surface area contributed by atoms with Crippen molar-refractivity contribution in [3.05, 3.63) is 23.8 Å². The normalized spacial score (nSPS) is 19.1. The topological polar surface area (TPSA) is 34.1 Å². The molecule has 0 heterocycles. The number of hydrogen-bond acceptors (Lipinski definition) is 2. The zero-order chi connectivity index (χ0) is 11.3. The molecule has 0 aromatic rings. The Hall–Kier alpha value is -1.18. The summed E-state index contributed by atoms with van der Waals surface area (Å²) in [5.74, 6) is 0.0305. The maximum absolute atomic E-state index is 11.7. The van der Waals surface area contributed by atoms with Crippen LogP contribution in [-0.2, 0) is 9.59 Å². The van der Waals surface area contributed by atoms with Gasteiger partial charge in [0, 0.05) is 18.4 Å². The Kier molecular flexibility index (Phi) is 4.47. The van der Waals surface area contributed by atoms with E-state index in [1.807, 2.05) is 26.0 Å². The predicted molar refractivity (Wildman–Crippen MR) is 60.5 cm³/mol. The van der Waals surface area contributed by atoms with Gasteiger partial charge in [0.05, 0.1) is 5.92 Å². The first-order valence-corrected chi connectivity index (χ1v) is 5.65. The Labute approximate surface area is 91.1 Å². The van der Waals surface area contributed by atoms with Gasteiger partial charge in [-0.3, -0.25) is 9.59 Å². The summed E-state index contributed by atoms with van der Waals surface area (Å²) in [6.45, 7) is 3.96. The molecule has 0 fully saturated rings. The van der Waals surface area contributed by atoms with Crippen molar-refractivity contribution in [3.8, 4) is 0 Å². The molecule has 0 bridgehead atoms. The van der Waals surface area contributed by atoms with Gasteiger partial charge in [-0.1, -0.05) is 32.1 Å². The van der Waals surface area contributed by atoms with Crippen molar-refractivity contribution in [2.75, 3.05) is 0 Å². The van der Waals surface area contributed by atoms with Crippen LogP contribution < -0.4 is 0 Å². The number of ketones is 2. The minimum atomic E-state index is -0.260. The molecule has 1 rings (SSSR count). The van der Waals surface area contributed by atoms with Gasteiger partial charge in [0.15, 0.2) is 5.78 Å². The van der Waals surface area contributed by atoms with Gasteiger partial charge in [-0.2, -0.15) is 0 Å². The second-order valence-corrected chi connectivity index (χ2v) is 3.87. The summed E-state index contributed by atoms with van der Waals surface area (Å²) in [6, 6.07) is 0. The summed E-state index contributed by atoms with van der Waals surface area (Å²) in [5.41, 5.74) is 0.690. The van der Waals surface area contributed by atoms with Crippen molar-refractivity contribution >= 4 is 11.6 Å². The van der Waals surface area contributed by atoms with Crippen LogP contribution in [0.3, 0.4) is 0 Å². The van der Waals surface area contributed by atoms with E-state index in [2.05, 4.69) is 0 Å². The lowest BCUT2D eigenvalue weighted by atomic mass is 9.91. The monoisotopic (exact) mass is 206 g/mol. The zero-order valence-electron chi connectivity index (χ0n) is 9.45. The van der Waals surface area contributed by atoms with Crippen LogP contribution in [0.1, 0.15) is 39.5 Å². The van der Waals surface area contributed by atoms with Crippen molar-refractivity contribution in [3.63, 3.8) is 0 Å². The van der Waals surface area contributed by atoms with E-state index in [1.54, 1.807) is 6.08 Å². The number of allylic oxidation sites excluding steroid dienone is 4. The minimum Gasteiger partial charge on any atom is -0.299 e. The third-order valence-corrected chi connectivity index (χ3v) is 2.56. The predicted octanol–water partition coefficient (Wildman–Crippen LogP) is 2.84. The summed E-state index contributed by atoms with van der Waals surface area (Å²) in [4.78, 5) is 23.4. The average Bonchev–Trinajstić information content (AvgIpc) is 2.66. The molecule has 0 radical (unpaired) electrons. The molecule has 82 valence electrons. The lowest BCUT2D eigenvalue weighted by molar-refractivity contribution is -0.123. The number of carbonyl (C=O) groups is 2. The van der Waals surface area contributed by atoms with Gasteiger partial charge in [0.25, 0.3) is 0 Å². The van der Waals surface area contributed by atoms with Gasteiger partial charge < -0.3 is 0 Å².